The standard InChI is InChI=1S/C19H14N4O5/c20-23(18(26)16-13(12-24)6-4-10-21-16)17(25)15-9-5-11-22(27)19(15)28-14-7-2-1-3-8-14/h1-12H,20H2. The van der Waals surface area contributed by atoms with Crippen LogP contribution in [0.5, 0.6) is 11.6 Å². The summed E-state index contributed by atoms with van der Waals surface area (Å²) in [5, 5.41) is 12.4. The minimum atomic E-state index is -1.00. The summed E-state index contributed by atoms with van der Waals surface area (Å²) in [6, 6.07) is 13.8. The van der Waals surface area contributed by atoms with Crippen molar-refractivity contribution in [3.63, 3.8) is 0 Å². The van der Waals surface area contributed by atoms with Crippen molar-refractivity contribution in [2.45, 2.75) is 0 Å². The van der Waals surface area contributed by atoms with E-state index in [2.05, 4.69) is 4.98 Å². The molecule has 1 aromatic carbocycles. The number of nitrogens with zero attached hydrogens (tertiary/aromatic N) is 3. The zero-order valence-corrected chi connectivity index (χ0v) is 14.4. The average molecular weight is 378 g/mol. The third-order valence-electron chi connectivity index (χ3n) is 3.71. The lowest BCUT2D eigenvalue weighted by Gasteiger charge is -2.16. The van der Waals surface area contributed by atoms with Gasteiger partial charge < -0.3 is 9.94 Å². The quantitative estimate of drug-likeness (QED) is 0.135. The van der Waals surface area contributed by atoms with Gasteiger partial charge in [-0.25, -0.2) is 10.9 Å². The average Bonchev–Trinajstić information content (AvgIpc) is 2.74. The smallest absolute Gasteiger partial charge is 0.398 e. The molecule has 3 rings (SSSR count). The molecule has 2 aromatic heterocycles. The highest BCUT2D eigenvalue weighted by Crippen LogP contribution is 2.22. The summed E-state index contributed by atoms with van der Waals surface area (Å²) in [5.74, 6) is 3.64. The SMILES string of the molecule is NN(C(=O)c1ccc[n+]([O-])c1Oc1ccccc1)C(=O)c1ncccc1C=O. The van der Waals surface area contributed by atoms with E-state index in [-0.39, 0.29) is 27.7 Å². The largest absolute Gasteiger partial charge is 0.616 e. The van der Waals surface area contributed by atoms with E-state index in [1.165, 1.54) is 30.5 Å². The molecule has 0 saturated heterocycles. The first-order valence-corrected chi connectivity index (χ1v) is 8.01. The zero-order valence-electron chi connectivity index (χ0n) is 14.4. The highest BCUT2D eigenvalue weighted by molar-refractivity contribution is 6.11. The van der Waals surface area contributed by atoms with Gasteiger partial charge in [0.25, 0.3) is 11.8 Å². The second kappa shape index (κ2) is 8.06. The summed E-state index contributed by atoms with van der Waals surface area (Å²) < 4.78 is 5.85. The fraction of sp³-hybridized carbons (Fsp3) is 0. The Morgan fingerprint density at radius 1 is 1.07 bits per heavy atom. The number of carbonyl (C=O) groups is 3. The number of aldehydes is 1. The van der Waals surface area contributed by atoms with Crippen LogP contribution in [0.4, 0.5) is 0 Å². The molecule has 0 aliphatic carbocycles. The molecule has 0 aliphatic heterocycles. The minimum Gasteiger partial charge on any atom is -0.616 e. The Bertz CT molecular complexity index is 1040. The van der Waals surface area contributed by atoms with Crippen LogP contribution in [0, 0.1) is 5.21 Å². The lowest BCUT2D eigenvalue weighted by Crippen LogP contribution is -2.44. The van der Waals surface area contributed by atoms with Crippen molar-refractivity contribution in [1.82, 2.24) is 9.99 Å². The molecule has 140 valence electrons. The summed E-state index contributed by atoms with van der Waals surface area (Å²) >= 11 is 0. The Morgan fingerprint density at radius 3 is 2.54 bits per heavy atom. The molecule has 9 nitrogen and oxygen atoms in total. The van der Waals surface area contributed by atoms with E-state index >= 15 is 0 Å². The van der Waals surface area contributed by atoms with Gasteiger partial charge in [0.1, 0.15) is 11.4 Å². The van der Waals surface area contributed by atoms with Crippen molar-refractivity contribution in [3.8, 4) is 11.6 Å². The Balaban J connectivity index is 1.95. The second-order valence-corrected chi connectivity index (χ2v) is 5.51. The van der Waals surface area contributed by atoms with Crippen LogP contribution in [0.15, 0.2) is 67.0 Å². The number of benzene rings is 1. The third-order valence-corrected chi connectivity index (χ3v) is 3.71. The van der Waals surface area contributed by atoms with Gasteiger partial charge in [-0.2, -0.15) is 0 Å². The van der Waals surface area contributed by atoms with E-state index in [1.54, 1.807) is 30.3 Å². The van der Waals surface area contributed by atoms with Gasteiger partial charge in [-0.15, -0.1) is 4.73 Å². The molecule has 9 heteroatoms. The van der Waals surface area contributed by atoms with E-state index in [0.29, 0.717) is 16.8 Å². The highest BCUT2D eigenvalue weighted by Gasteiger charge is 2.30. The van der Waals surface area contributed by atoms with Crippen LogP contribution in [0.2, 0.25) is 0 Å². The Labute approximate surface area is 159 Å². The second-order valence-electron chi connectivity index (χ2n) is 5.51. The topological polar surface area (TPSA) is 130 Å². The summed E-state index contributed by atoms with van der Waals surface area (Å²) in [6.45, 7) is 0. The first kappa shape index (κ1) is 18.7. The first-order valence-electron chi connectivity index (χ1n) is 8.01. The van der Waals surface area contributed by atoms with Gasteiger partial charge in [-0.3, -0.25) is 19.4 Å². The lowest BCUT2D eigenvalue weighted by molar-refractivity contribution is -0.611. The Kier molecular flexibility index (Phi) is 5.38. The number of para-hydroxylation sites is 1. The summed E-state index contributed by atoms with van der Waals surface area (Å²) in [7, 11) is 0. The number of carbonyl (C=O) groups excluding carboxylic acids is 3. The third kappa shape index (κ3) is 3.69. The van der Waals surface area contributed by atoms with E-state index in [0.717, 1.165) is 6.20 Å². The molecule has 2 amide bonds. The van der Waals surface area contributed by atoms with Crippen molar-refractivity contribution in [2.24, 2.45) is 5.84 Å². The zero-order chi connectivity index (χ0) is 20.1. The van der Waals surface area contributed by atoms with Crippen LogP contribution in [-0.4, -0.2) is 28.1 Å². The molecule has 0 saturated carbocycles. The molecule has 0 bridgehead atoms. The lowest BCUT2D eigenvalue weighted by atomic mass is 10.2. The molecular formula is C19H14N4O5. The van der Waals surface area contributed by atoms with Gasteiger partial charge >= 0.3 is 5.88 Å². The number of hydrogen-bond donors (Lipinski definition) is 1. The molecule has 3 aromatic rings. The molecule has 0 spiro atoms. The fourth-order valence-electron chi connectivity index (χ4n) is 2.37. The number of pyridine rings is 2. The van der Waals surface area contributed by atoms with Gasteiger partial charge in [0.05, 0.1) is 0 Å². The molecular weight excluding hydrogens is 364 g/mol. The maximum atomic E-state index is 12.8. The van der Waals surface area contributed by atoms with Gasteiger partial charge in [0.2, 0.25) is 0 Å². The van der Waals surface area contributed by atoms with E-state index in [4.69, 9.17) is 10.6 Å². The fourth-order valence-corrected chi connectivity index (χ4v) is 2.37. The molecule has 0 radical (unpaired) electrons. The maximum Gasteiger partial charge on any atom is 0.398 e. The van der Waals surface area contributed by atoms with Crippen LogP contribution in [0.25, 0.3) is 0 Å². The van der Waals surface area contributed by atoms with Crippen molar-refractivity contribution >= 4 is 18.1 Å². The Hall–Kier alpha value is -4.11. The first-order chi connectivity index (χ1) is 13.5. The molecule has 0 aliphatic rings. The van der Waals surface area contributed by atoms with Crippen molar-refractivity contribution in [2.75, 3.05) is 0 Å². The molecule has 0 unspecified atom stereocenters. The van der Waals surface area contributed by atoms with Gasteiger partial charge in [-0.05, 0) is 30.3 Å². The Morgan fingerprint density at radius 2 is 1.82 bits per heavy atom. The molecule has 0 atom stereocenters. The van der Waals surface area contributed by atoms with Crippen LogP contribution in [0.1, 0.15) is 31.2 Å². The van der Waals surface area contributed by atoms with Crippen LogP contribution >= 0.6 is 0 Å². The van der Waals surface area contributed by atoms with Crippen molar-refractivity contribution in [1.29, 1.82) is 0 Å². The van der Waals surface area contributed by atoms with E-state index in [1.807, 2.05) is 0 Å². The highest BCUT2D eigenvalue weighted by atomic mass is 16.6. The number of hydrazine groups is 1. The predicted octanol–water partition coefficient (Wildman–Crippen LogP) is 1.48. The van der Waals surface area contributed by atoms with Gasteiger partial charge in [0, 0.05) is 17.8 Å². The van der Waals surface area contributed by atoms with Crippen LogP contribution in [-0.2, 0) is 0 Å². The summed E-state index contributed by atoms with van der Waals surface area (Å²) in [6.07, 6.45) is 2.86. The van der Waals surface area contributed by atoms with E-state index in [9.17, 15) is 19.6 Å². The molecule has 2 N–H and O–H groups in total. The van der Waals surface area contributed by atoms with Gasteiger partial charge in [0.15, 0.2) is 18.0 Å². The summed E-state index contributed by atoms with van der Waals surface area (Å²) in [5.41, 5.74) is -0.547. The van der Waals surface area contributed by atoms with Crippen LogP contribution < -0.4 is 15.3 Å². The minimum absolute atomic E-state index is 0.0246. The number of aromatic nitrogens is 2. The molecule has 28 heavy (non-hydrogen) atoms. The number of amides is 2. The predicted molar refractivity (Wildman–Crippen MR) is 96.2 cm³/mol. The van der Waals surface area contributed by atoms with Crippen molar-refractivity contribution < 1.29 is 23.9 Å². The van der Waals surface area contributed by atoms with E-state index < -0.39 is 11.8 Å². The number of nitrogens with two attached hydrogens (primary N) is 1. The number of ether oxygens (including phenoxy) is 1. The number of imide groups is 1. The summed E-state index contributed by atoms with van der Waals surface area (Å²) in [4.78, 5) is 40.2. The number of rotatable bonds is 5. The van der Waals surface area contributed by atoms with Gasteiger partial charge in [-0.1, -0.05) is 18.2 Å². The molecule has 2 heterocycles. The normalized spacial score (nSPS) is 10.2. The maximum absolute atomic E-state index is 12.8. The number of hydrogen-bond acceptors (Lipinski definition) is 7. The monoisotopic (exact) mass is 378 g/mol. The van der Waals surface area contributed by atoms with Crippen LogP contribution in [0.3, 0.4) is 0 Å². The molecule has 0 fully saturated rings. The van der Waals surface area contributed by atoms with Crippen molar-refractivity contribution in [3.05, 3.63) is 89.0 Å².